The molecule has 2 aliphatic carbocycles. The van der Waals surface area contributed by atoms with Crippen molar-refractivity contribution in [1.82, 2.24) is 30.1 Å². The Morgan fingerprint density at radius 1 is 1.29 bits per heavy atom. The first-order valence-corrected chi connectivity index (χ1v) is 12.0. The van der Waals surface area contributed by atoms with Crippen LogP contribution in [0.1, 0.15) is 62.7 Å². The molecule has 2 saturated carbocycles. The molecule has 2 unspecified atom stereocenters. The Balaban J connectivity index is 1.35. The van der Waals surface area contributed by atoms with Gasteiger partial charge in [-0.15, -0.1) is 0 Å². The van der Waals surface area contributed by atoms with Gasteiger partial charge in [-0.1, -0.05) is 0 Å². The summed E-state index contributed by atoms with van der Waals surface area (Å²) in [6.07, 6.45) is 4.93. The van der Waals surface area contributed by atoms with E-state index in [2.05, 4.69) is 20.7 Å². The summed E-state index contributed by atoms with van der Waals surface area (Å²) in [5.41, 5.74) is 1.97. The van der Waals surface area contributed by atoms with E-state index in [4.69, 9.17) is 4.74 Å². The summed E-state index contributed by atoms with van der Waals surface area (Å²) in [5.74, 6) is -2.45. The van der Waals surface area contributed by atoms with Crippen LogP contribution in [-0.2, 0) is 11.3 Å². The third-order valence-corrected chi connectivity index (χ3v) is 7.12. The Labute approximate surface area is 196 Å². The molecular formula is C23H30F2N6O3. The third-order valence-electron chi connectivity index (χ3n) is 7.12. The van der Waals surface area contributed by atoms with E-state index < -0.39 is 18.1 Å². The van der Waals surface area contributed by atoms with Gasteiger partial charge in [-0.25, -0.2) is 27.9 Å². The first-order valence-electron chi connectivity index (χ1n) is 12.0. The summed E-state index contributed by atoms with van der Waals surface area (Å²) in [4.78, 5) is 30.9. The van der Waals surface area contributed by atoms with Crippen LogP contribution in [0, 0.1) is 11.8 Å². The van der Waals surface area contributed by atoms with Gasteiger partial charge in [0.05, 0.1) is 24.1 Å². The van der Waals surface area contributed by atoms with Crippen LogP contribution in [0.3, 0.4) is 0 Å². The monoisotopic (exact) mass is 476 g/mol. The van der Waals surface area contributed by atoms with E-state index in [0.717, 1.165) is 18.4 Å². The number of carbonyl (C=O) groups excluding carboxylic acids is 2. The summed E-state index contributed by atoms with van der Waals surface area (Å²) >= 11 is 0. The highest BCUT2D eigenvalue weighted by Gasteiger charge is 2.40. The van der Waals surface area contributed by atoms with E-state index in [1.807, 2.05) is 13.0 Å². The second-order valence-electron chi connectivity index (χ2n) is 9.75. The lowest BCUT2D eigenvalue weighted by Gasteiger charge is -2.33. The van der Waals surface area contributed by atoms with E-state index in [0.29, 0.717) is 36.9 Å². The average Bonchev–Trinajstić information content (AvgIpc) is 3.45. The van der Waals surface area contributed by atoms with E-state index in [-0.39, 0.29) is 43.7 Å². The summed E-state index contributed by atoms with van der Waals surface area (Å²) in [6, 6.07) is 1.19. The number of amides is 3. The van der Waals surface area contributed by atoms with Crippen molar-refractivity contribution in [3.63, 3.8) is 0 Å². The lowest BCUT2D eigenvalue weighted by molar-refractivity contribution is -0.0498. The smallest absolute Gasteiger partial charge is 0.407 e. The van der Waals surface area contributed by atoms with Crippen LogP contribution in [0.4, 0.5) is 18.4 Å². The largest absolute Gasteiger partial charge is 0.446 e. The van der Waals surface area contributed by atoms with Gasteiger partial charge in [-0.05, 0) is 56.1 Å². The predicted octanol–water partition coefficient (Wildman–Crippen LogP) is 3.65. The maximum Gasteiger partial charge on any atom is 0.407 e. The molecule has 34 heavy (non-hydrogen) atoms. The molecule has 3 aliphatic rings. The first kappa shape index (κ1) is 22.8. The fraction of sp³-hybridized carbons (Fsp3) is 0.652. The minimum atomic E-state index is -2.67. The highest BCUT2D eigenvalue weighted by Crippen LogP contribution is 2.41. The van der Waals surface area contributed by atoms with Gasteiger partial charge in [0.15, 0.2) is 5.65 Å². The quantitative estimate of drug-likeness (QED) is 0.635. The molecule has 1 aliphatic heterocycles. The maximum atomic E-state index is 13.8. The molecule has 9 nitrogen and oxygen atoms in total. The van der Waals surface area contributed by atoms with Crippen LogP contribution < -0.4 is 10.6 Å². The van der Waals surface area contributed by atoms with Gasteiger partial charge in [-0.3, -0.25) is 0 Å². The zero-order valence-electron chi connectivity index (χ0n) is 19.2. The SMILES string of the molecule is CC(OC(=O)NC(c1cn2ncc(CN3CCNC3=O)cc2n1)C1CCC(F)(F)CC1)C1CC1. The number of alkyl halides is 2. The molecule has 1 saturated heterocycles. The molecule has 0 aromatic carbocycles. The lowest BCUT2D eigenvalue weighted by Crippen LogP contribution is -2.38. The Kier molecular flexibility index (Phi) is 6.03. The molecule has 2 aromatic rings. The molecule has 184 valence electrons. The number of aromatic nitrogens is 3. The topological polar surface area (TPSA) is 101 Å². The van der Waals surface area contributed by atoms with Gasteiger partial charge in [0.25, 0.3) is 0 Å². The molecule has 3 fully saturated rings. The summed E-state index contributed by atoms with van der Waals surface area (Å²) in [6.45, 7) is 3.54. The van der Waals surface area contributed by atoms with Gasteiger partial charge < -0.3 is 20.3 Å². The fourth-order valence-electron chi connectivity index (χ4n) is 4.87. The van der Waals surface area contributed by atoms with Crippen molar-refractivity contribution >= 4 is 17.8 Å². The van der Waals surface area contributed by atoms with Crippen LogP contribution in [0.5, 0.6) is 0 Å². The number of carbonyl (C=O) groups is 2. The molecule has 11 heteroatoms. The van der Waals surface area contributed by atoms with Gasteiger partial charge in [0.2, 0.25) is 5.92 Å². The van der Waals surface area contributed by atoms with Crippen molar-refractivity contribution in [3.05, 3.63) is 29.7 Å². The third kappa shape index (κ3) is 5.07. The number of alkyl carbamates (subject to hydrolysis) is 1. The average molecular weight is 477 g/mol. The number of rotatable bonds is 7. The van der Waals surface area contributed by atoms with Gasteiger partial charge in [0.1, 0.15) is 6.10 Å². The normalized spacial score (nSPS) is 22.4. The molecule has 3 amide bonds. The van der Waals surface area contributed by atoms with Gasteiger partial charge in [-0.2, -0.15) is 5.10 Å². The standard InChI is InChI=1S/C23H30F2N6O3/c1-14(16-2-3-16)34-22(33)29-20(17-4-6-23(24,25)7-5-17)18-13-31-19(28-18)10-15(11-27-31)12-30-9-8-26-21(30)32/h10-11,13-14,16-17,20H,2-9,12H2,1H3,(H,26,32)(H,29,33). The number of fused-ring (bicyclic) bond motifs is 1. The number of hydrogen-bond donors (Lipinski definition) is 2. The van der Waals surface area contributed by atoms with Crippen LogP contribution in [-0.4, -0.2) is 56.7 Å². The number of urea groups is 1. The zero-order chi connectivity index (χ0) is 23.9. The van der Waals surface area contributed by atoms with Crippen molar-refractivity contribution < 1.29 is 23.1 Å². The summed E-state index contributed by atoms with van der Waals surface area (Å²) in [5, 5.41) is 10.1. The van der Waals surface area contributed by atoms with Gasteiger partial charge >= 0.3 is 12.1 Å². The second-order valence-corrected chi connectivity index (χ2v) is 9.75. The van der Waals surface area contributed by atoms with E-state index in [1.54, 1.807) is 21.8 Å². The van der Waals surface area contributed by atoms with Crippen LogP contribution >= 0.6 is 0 Å². The molecule has 0 radical (unpaired) electrons. The summed E-state index contributed by atoms with van der Waals surface area (Å²) < 4.78 is 34.8. The van der Waals surface area contributed by atoms with Crippen LogP contribution in [0.2, 0.25) is 0 Å². The Hall–Kier alpha value is -2.98. The molecule has 2 atom stereocenters. The predicted molar refractivity (Wildman–Crippen MR) is 118 cm³/mol. The first-order chi connectivity index (χ1) is 16.3. The van der Waals surface area contributed by atoms with Gasteiger partial charge in [0, 0.05) is 32.5 Å². The molecule has 3 heterocycles. The molecule has 2 N–H and O–H groups in total. The van der Waals surface area contributed by atoms with Crippen molar-refractivity contribution in [3.8, 4) is 0 Å². The second kappa shape index (κ2) is 8.99. The highest BCUT2D eigenvalue weighted by atomic mass is 19.3. The zero-order valence-corrected chi connectivity index (χ0v) is 19.2. The molecule has 0 spiro atoms. The van der Waals surface area contributed by atoms with Crippen molar-refractivity contribution in [2.24, 2.45) is 11.8 Å². The molecule has 2 aromatic heterocycles. The Bertz CT molecular complexity index is 1060. The number of ether oxygens (including phenoxy) is 1. The van der Waals surface area contributed by atoms with Crippen molar-refractivity contribution in [2.75, 3.05) is 13.1 Å². The molecule has 5 rings (SSSR count). The lowest BCUT2D eigenvalue weighted by atomic mass is 9.81. The number of nitrogens with one attached hydrogen (secondary N) is 2. The Morgan fingerprint density at radius 3 is 2.74 bits per heavy atom. The number of nitrogens with zero attached hydrogens (tertiary/aromatic N) is 4. The van der Waals surface area contributed by atoms with Crippen molar-refractivity contribution in [1.29, 1.82) is 0 Å². The fourth-order valence-corrected chi connectivity index (χ4v) is 4.87. The number of halogens is 2. The van der Waals surface area contributed by atoms with Crippen LogP contribution in [0.25, 0.3) is 5.65 Å². The van der Waals surface area contributed by atoms with E-state index in [9.17, 15) is 18.4 Å². The Morgan fingerprint density at radius 2 is 2.06 bits per heavy atom. The van der Waals surface area contributed by atoms with Crippen LogP contribution in [0.15, 0.2) is 18.5 Å². The van der Waals surface area contributed by atoms with E-state index in [1.165, 1.54) is 0 Å². The van der Waals surface area contributed by atoms with E-state index >= 15 is 0 Å². The van der Waals surface area contributed by atoms with Crippen molar-refractivity contribution in [2.45, 2.75) is 70.1 Å². The number of hydrogen-bond acceptors (Lipinski definition) is 5. The highest BCUT2D eigenvalue weighted by molar-refractivity contribution is 5.76. The minimum Gasteiger partial charge on any atom is -0.446 e. The number of imidazole rings is 1. The minimum absolute atomic E-state index is 0.110. The molecule has 0 bridgehead atoms. The molecular weight excluding hydrogens is 446 g/mol. The maximum absolute atomic E-state index is 13.8. The summed E-state index contributed by atoms with van der Waals surface area (Å²) in [7, 11) is 0.